The van der Waals surface area contributed by atoms with Crippen molar-refractivity contribution in [1.29, 1.82) is 0 Å². The largest absolute Gasteiger partial charge is 0.459 e. The summed E-state index contributed by atoms with van der Waals surface area (Å²) >= 11 is 0. The molecule has 0 N–H and O–H groups in total. The van der Waals surface area contributed by atoms with Crippen LogP contribution in [0.1, 0.15) is 29.4 Å². The molecule has 7 nitrogen and oxygen atoms in total. The Balaban J connectivity index is 1.64. The average Bonchev–Trinajstić information content (AvgIpc) is 3.16. The number of furan rings is 1. The summed E-state index contributed by atoms with van der Waals surface area (Å²) in [6.07, 6.45) is 6.29. The van der Waals surface area contributed by atoms with Gasteiger partial charge in [-0.3, -0.25) is 14.2 Å². The molecule has 0 radical (unpaired) electrons. The van der Waals surface area contributed by atoms with Crippen LogP contribution in [0.2, 0.25) is 0 Å². The number of piperidine rings is 1. The molecular weight excluding hydrogens is 308 g/mol. The molecule has 0 bridgehead atoms. The zero-order valence-corrected chi connectivity index (χ0v) is 13.0. The molecule has 1 unspecified atom stereocenters. The van der Waals surface area contributed by atoms with E-state index >= 15 is 0 Å². The van der Waals surface area contributed by atoms with Gasteiger partial charge in [-0.2, -0.15) is 0 Å². The summed E-state index contributed by atoms with van der Waals surface area (Å²) < 4.78 is 6.81. The number of fused-ring (bicyclic) bond motifs is 1. The monoisotopic (exact) mass is 324 g/mol. The summed E-state index contributed by atoms with van der Waals surface area (Å²) in [5.41, 5.74) is 0.323. The second-order valence-electron chi connectivity index (χ2n) is 5.86. The molecule has 0 spiro atoms. The van der Waals surface area contributed by atoms with E-state index in [0.717, 1.165) is 12.8 Å². The van der Waals surface area contributed by atoms with E-state index in [2.05, 4.69) is 9.97 Å². The van der Waals surface area contributed by atoms with Crippen molar-refractivity contribution in [1.82, 2.24) is 19.4 Å². The van der Waals surface area contributed by atoms with Crippen molar-refractivity contribution < 1.29 is 9.21 Å². The van der Waals surface area contributed by atoms with Crippen LogP contribution < -0.4 is 5.56 Å². The fraction of sp³-hybridized carbons (Fsp3) is 0.294. The Bertz CT molecular complexity index is 932. The predicted octanol–water partition coefficient (Wildman–Crippen LogP) is 1.86. The second-order valence-corrected chi connectivity index (χ2v) is 5.86. The van der Waals surface area contributed by atoms with Crippen molar-refractivity contribution in [2.75, 3.05) is 13.1 Å². The smallest absolute Gasteiger partial charge is 0.289 e. The minimum Gasteiger partial charge on any atom is -0.459 e. The van der Waals surface area contributed by atoms with E-state index in [1.165, 1.54) is 12.6 Å². The van der Waals surface area contributed by atoms with Crippen LogP contribution in [0.4, 0.5) is 0 Å². The molecule has 4 rings (SSSR count). The Morgan fingerprint density at radius 2 is 2.17 bits per heavy atom. The molecule has 0 saturated carbocycles. The summed E-state index contributed by atoms with van der Waals surface area (Å²) in [7, 11) is 0. The van der Waals surface area contributed by atoms with Crippen molar-refractivity contribution in [3.8, 4) is 0 Å². The van der Waals surface area contributed by atoms with E-state index in [1.807, 2.05) is 0 Å². The van der Waals surface area contributed by atoms with Gasteiger partial charge in [0.05, 0.1) is 17.7 Å². The van der Waals surface area contributed by atoms with Gasteiger partial charge in [-0.1, -0.05) is 0 Å². The average molecular weight is 324 g/mol. The van der Waals surface area contributed by atoms with Crippen molar-refractivity contribution in [3.05, 3.63) is 59.2 Å². The maximum atomic E-state index is 12.7. The molecule has 1 fully saturated rings. The first kappa shape index (κ1) is 14.6. The van der Waals surface area contributed by atoms with Gasteiger partial charge < -0.3 is 9.32 Å². The lowest BCUT2D eigenvalue weighted by atomic mass is 10.0. The molecule has 1 atom stereocenters. The summed E-state index contributed by atoms with van der Waals surface area (Å²) in [4.78, 5) is 35.2. The number of nitrogens with zero attached hydrogens (tertiary/aromatic N) is 4. The SMILES string of the molecule is O=C(c1ccco1)N1CCCC(n2cnc3ncccc3c2=O)C1. The molecular formula is C17H16N4O3. The van der Waals surface area contributed by atoms with Crippen molar-refractivity contribution in [2.45, 2.75) is 18.9 Å². The highest BCUT2D eigenvalue weighted by Crippen LogP contribution is 2.22. The quantitative estimate of drug-likeness (QED) is 0.719. The third kappa shape index (κ3) is 2.47. The zero-order chi connectivity index (χ0) is 16.5. The molecule has 24 heavy (non-hydrogen) atoms. The van der Waals surface area contributed by atoms with Crippen LogP contribution in [0.5, 0.6) is 0 Å². The highest BCUT2D eigenvalue weighted by molar-refractivity contribution is 5.91. The summed E-state index contributed by atoms with van der Waals surface area (Å²) in [6, 6.07) is 6.70. The fourth-order valence-corrected chi connectivity index (χ4v) is 3.16. The Labute approximate surface area is 137 Å². The first-order chi connectivity index (χ1) is 11.7. The summed E-state index contributed by atoms with van der Waals surface area (Å²) in [5.74, 6) is 0.178. The highest BCUT2D eigenvalue weighted by atomic mass is 16.3. The van der Waals surface area contributed by atoms with E-state index in [9.17, 15) is 9.59 Å². The molecule has 1 aliphatic heterocycles. The van der Waals surface area contributed by atoms with E-state index in [4.69, 9.17) is 4.42 Å². The van der Waals surface area contributed by atoms with Crippen LogP contribution in [0.15, 0.2) is 52.3 Å². The number of carbonyl (C=O) groups excluding carboxylic acids is 1. The predicted molar refractivity (Wildman–Crippen MR) is 86.7 cm³/mol. The Morgan fingerprint density at radius 1 is 1.25 bits per heavy atom. The van der Waals surface area contributed by atoms with E-state index in [1.54, 1.807) is 39.9 Å². The minimum absolute atomic E-state index is 0.0951. The van der Waals surface area contributed by atoms with Crippen LogP contribution in [0.3, 0.4) is 0 Å². The van der Waals surface area contributed by atoms with Gasteiger partial charge in [-0.05, 0) is 37.1 Å². The molecule has 0 aliphatic carbocycles. The third-order valence-corrected chi connectivity index (χ3v) is 4.37. The van der Waals surface area contributed by atoms with E-state index in [-0.39, 0.29) is 17.5 Å². The van der Waals surface area contributed by atoms with Crippen molar-refractivity contribution in [3.63, 3.8) is 0 Å². The topological polar surface area (TPSA) is 81.2 Å². The maximum absolute atomic E-state index is 12.7. The number of rotatable bonds is 2. The van der Waals surface area contributed by atoms with Gasteiger partial charge in [0.2, 0.25) is 0 Å². The molecule has 7 heteroatoms. The molecule has 122 valence electrons. The second kappa shape index (κ2) is 5.92. The number of likely N-dealkylation sites (tertiary alicyclic amines) is 1. The van der Waals surface area contributed by atoms with Crippen LogP contribution >= 0.6 is 0 Å². The van der Waals surface area contributed by atoms with E-state index < -0.39 is 0 Å². The number of hydrogen-bond donors (Lipinski definition) is 0. The van der Waals surface area contributed by atoms with Gasteiger partial charge in [-0.15, -0.1) is 0 Å². The van der Waals surface area contributed by atoms with Crippen molar-refractivity contribution >= 4 is 16.9 Å². The lowest BCUT2D eigenvalue weighted by Gasteiger charge is -2.33. The van der Waals surface area contributed by atoms with Gasteiger partial charge in [0.15, 0.2) is 11.4 Å². The van der Waals surface area contributed by atoms with Crippen LogP contribution in [-0.4, -0.2) is 38.4 Å². The fourth-order valence-electron chi connectivity index (χ4n) is 3.16. The molecule has 1 saturated heterocycles. The highest BCUT2D eigenvalue weighted by Gasteiger charge is 2.27. The molecule has 1 aliphatic rings. The third-order valence-electron chi connectivity index (χ3n) is 4.37. The van der Waals surface area contributed by atoms with Gasteiger partial charge in [0, 0.05) is 19.3 Å². The summed E-state index contributed by atoms with van der Waals surface area (Å²) in [6.45, 7) is 1.13. The minimum atomic E-state index is -0.145. The Hall–Kier alpha value is -2.96. The standard InChI is InChI=1S/C17H16N4O3/c22-16-13-5-1-7-18-15(13)19-11-21(16)12-4-2-8-20(10-12)17(23)14-6-3-9-24-14/h1,3,5-7,9,11-12H,2,4,8,10H2. The first-order valence-corrected chi connectivity index (χ1v) is 7.88. The van der Waals surface area contributed by atoms with Crippen LogP contribution in [-0.2, 0) is 0 Å². The first-order valence-electron chi connectivity index (χ1n) is 7.88. The van der Waals surface area contributed by atoms with Gasteiger partial charge in [-0.25, -0.2) is 9.97 Å². The molecule has 1 amide bonds. The normalized spacial score (nSPS) is 18.0. The molecule has 4 heterocycles. The zero-order valence-electron chi connectivity index (χ0n) is 13.0. The number of carbonyl (C=O) groups is 1. The molecule has 3 aromatic heterocycles. The number of hydrogen-bond acceptors (Lipinski definition) is 5. The van der Waals surface area contributed by atoms with Gasteiger partial charge >= 0.3 is 0 Å². The number of amides is 1. The van der Waals surface area contributed by atoms with Crippen LogP contribution in [0, 0.1) is 0 Å². The lowest BCUT2D eigenvalue weighted by Crippen LogP contribution is -2.42. The Kier molecular flexibility index (Phi) is 3.60. The van der Waals surface area contributed by atoms with Crippen molar-refractivity contribution in [2.24, 2.45) is 0 Å². The van der Waals surface area contributed by atoms with Gasteiger partial charge in [0.25, 0.3) is 11.5 Å². The number of aromatic nitrogens is 3. The lowest BCUT2D eigenvalue weighted by molar-refractivity contribution is 0.0645. The summed E-state index contributed by atoms with van der Waals surface area (Å²) in [5, 5.41) is 0.495. The maximum Gasteiger partial charge on any atom is 0.289 e. The van der Waals surface area contributed by atoms with E-state index in [0.29, 0.717) is 29.9 Å². The molecule has 0 aromatic carbocycles. The number of pyridine rings is 1. The Morgan fingerprint density at radius 3 is 3.00 bits per heavy atom. The molecule has 3 aromatic rings. The van der Waals surface area contributed by atoms with Gasteiger partial charge in [0.1, 0.15) is 6.33 Å². The van der Waals surface area contributed by atoms with Crippen LogP contribution in [0.25, 0.3) is 11.0 Å².